The molecule has 0 saturated heterocycles. The van der Waals surface area contributed by atoms with Crippen molar-refractivity contribution >= 4 is 21.7 Å². The highest BCUT2D eigenvalue weighted by Crippen LogP contribution is 2.22. The molecule has 180 valence electrons. The van der Waals surface area contributed by atoms with Gasteiger partial charge in [0.2, 0.25) is 0 Å². The first-order valence-corrected chi connectivity index (χ1v) is 12.3. The van der Waals surface area contributed by atoms with Crippen LogP contribution < -0.4 is 18.9 Å². The van der Waals surface area contributed by atoms with Gasteiger partial charge in [-0.2, -0.15) is 0 Å². The van der Waals surface area contributed by atoms with Crippen LogP contribution in [0.15, 0.2) is 77.7 Å². The molecule has 8 nitrogen and oxygen atoms in total. The number of para-hydroxylation sites is 1. The summed E-state index contributed by atoms with van der Waals surface area (Å²) < 4.78 is 44.4. The van der Waals surface area contributed by atoms with Crippen LogP contribution in [-0.2, 0) is 10.0 Å². The molecule has 3 rings (SSSR count). The summed E-state index contributed by atoms with van der Waals surface area (Å²) in [6.07, 6.45) is 1.96. The molecule has 0 aliphatic heterocycles. The van der Waals surface area contributed by atoms with Gasteiger partial charge in [0.25, 0.3) is 10.0 Å². The molecule has 2 N–H and O–H groups in total. The highest BCUT2D eigenvalue weighted by Gasteiger charge is 2.14. The zero-order valence-electron chi connectivity index (χ0n) is 18.8. The molecule has 3 aromatic rings. The van der Waals surface area contributed by atoms with E-state index in [-0.39, 0.29) is 29.4 Å². The summed E-state index contributed by atoms with van der Waals surface area (Å²) in [6, 6.07) is 19.1. The predicted octanol–water partition coefficient (Wildman–Crippen LogP) is 4.82. The number of hydrogen-bond donors (Lipinski definition) is 2. The molecule has 0 aromatic heterocycles. The predicted molar refractivity (Wildman–Crippen MR) is 128 cm³/mol. The van der Waals surface area contributed by atoms with Gasteiger partial charge in [0.1, 0.15) is 36.0 Å². The second-order valence-electron chi connectivity index (χ2n) is 7.30. The van der Waals surface area contributed by atoms with Crippen molar-refractivity contribution in [2.75, 3.05) is 24.5 Å². The van der Waals surface area contributed by atoms with Crippen LogP contribution in [0, 0.1) is 0 Å². The minimum Gasteiger partial charge on any atom is -0.494 e. The number of sulfonamides is 1. The van der Waals surface area contributed by atoms with Crippen molar-refractivity contribution in [2.24, 2.45) is 0 Å². The van der Waals surface area contributed by atoms with Crippen LogP contribution in [-0.4, -0.2) is 39.3 Å². The molecule has 0 atom stereocenters. The highest BCUT2D eigenvalue weighted by atomic mass is 32.2. The number of carboxylic acids is 1. The first kappa shape index (κ1) is 24.9. The molecule has 0 aliphatic rings. The van der Waals surface area contributed by atoms with Crippen molar-refractivity contribution in [1.29, 1.82) is 0 Å². The van der Waals surface area contributed by atoms with Crippen LogP contribution >= 0.6 is 0 Å². The van der Waals surface area contributed by atoms with Crippen LogP contribution in [0.1, 0.15) is 30.1 Å². The van der Waals surface area contributed by atoms with Crippen molar-refractivity contribution in [2.45, 2.75) is 24.7 Å². The number of nitrogens with one attached hydrogen (secondary N) is 1. The lowest BCUT2D eigenvalue weighted by molar-refractivity contribution is 0.0691. The quantitative estimate of drug-likeness (QED) is 0.334. The van der Waals surface area contributed by atoms with E-state index in [1.807, 2.05) is 0 Å². The maximum absolute atomic E-state index is 12.6. The number of ether oxygens (including phenoxy) is 3. The monoisotopic (exact) mass is 485 g/mol. The van der Waals surface area contributed by atoms with Gasteiger partial charge in [-0.15, -0.1) is 0 Å². The lowest BCUT2D eigenvalue weighted by Crippen LogP contribution is -2.13. The van der Waals surface area contributed by atoms with Gasteiger partial charge in [-0.25, -0.2) is 13.2 Å². The van der Waals surface area contributed by atoms with Gasteiger partial charge in [-0.05, 0) is 67.1 Å². The van der Waals surface area contributed by atoms with Crippen molar-refractivity contribution in [1.82, 2.24) is 0 Å². The Morgan fingerprint density at radius 1 is 0.824 bits per heavy atom. The average Bonchev–Trinajstić information content (AvgIpc) is 2.83. The largest absolute Gasteiger partial charge is 0.494 e. The second-order valence-corrected chi connectivity index (χ2v) is 8.98. The lowest BCUT2D eigenvalue weighted by atomic mass is 10.2. The Labute approximate surface area is 199 Å². The fourth-order valence-corrected chi connectivity index (χ4v) is 4.02. The van der Waals surface area contributed by atoms with E-state index in [1.54, 1.807) is 54.6 Å². The number of benzene rings is 3. The minimum atomic E-state index is -3.75. The molecule has 9 heteroatoms. The molecule has 0 bridgehead atoms. The summed E-state index contributed by atoms with van der Waals surface area (Å²) in [4.78, 5) is 11.3. The number of carboxylic acid groups (broad SMARTS) is 1. The molecule has 0 amide bonds. The average molecular weight is 486 g/mol. The van der Waals surface area contributed by atoms with Gasteiger partial charge < -0.3 is 19.3 Å². The van der Waals surface area contributed by atoms with Crippen LogP contribution in [0.2, 0.25) is 0 Å². The third kappa shape index (κ3) is 7.14. The van der Waals surface area contributed by atoms with Crippen molar-refractivity contribution in [3.05, 3.63) is 78.4 Å². The number of hydrogen-bond acceptors (Lipinski definition) is 6. The van der Waals surface area contributed by atoms with E-state index in [1.165, 1.54) is 18.2 Å². The summed E-state index contributed by atoms with van der Waals surface area (Å²) in [7, 11) is -3.75. The highest BCUT2D eigenvalue weighted by molar-refractivity contribution is 7.92. The van der Waals surface area contributed by atoms with E-state index in [0.717, 1.165) is 12.8 Å². The van der Waals surface area contributed by atoms with E-state index >= 15 is 0 Å². The summed E-state index contributed by atoms with van der Waals surface area (Å²) >= 11 is 0. The first-order chi connectivity index (χ1) is 16.4. The fraction of sp³-hybridized carbons (Fsp3) is 0.240. The fourth-order valence-electron chi connectivity index (χ4n) is 2.96. The van der Waals surface area contributed by atoms with E-state index < -0.39 is 16.0 Å². The number of rotatable bonds is 13. The van der Waals surface area contributed by atoms with E-state index in [4.69, 9.17) is 19.3 Å². The van der Waals surface area contributed by atoms with E-state index in [2.05, 4.69) is 11.6 Å². The maximum Gasteiger partial charge on any atom is 0.339 e. The molecule has 0 aliphatic carbocycles. The van der Waals surface area contributed by atoms with Gasteiger partial charge in [-0.3, -0.25) is 4.72 Å². The Morgan fingerprint density at radius 3 is 2.06 bits per heavy atom. The zero-order chi connectivity index (χ0) is 24.4. The standard InChI is InChI=1S/C25H27NO7S/c1-2-3-16-31-21-12-14-22(15-13-21)34(29,30)26-19-8-10-20(11-9-19)32-17-18-33-24-7-5-4-6-23(24)25(27)28/h4-15,26H,2-3,16-18H2,1H3,(H,27,28). The lowest BCUT2D eigenvalue weighted by Gasteiger charge is -2.12. The Bertz CT molecular complexity index is 1180. The third-order valence-electron chi connectivity index (χ3n) is 4.73. The topological polar surface area (TPSA) is 111 Å². The molecule has 0 fully saturated rings. The Balaban J connectivity index is 1.50. The zero-order valence-corrected chi connectivity index (χ0v) is 19.6. The molecule has 0 saturated carbocycles. The molecule has 0 radical (unpaired) electrons. The van der Waals surface area contributed by atoms with Crippen molar-refractivity contribution in [3.8, 4) is 17.2 Å². The molecule has 3 aromatic carbocycles. The minimum absolute atomic E-state index is 0.0813. The van der Waals surface area contributed by atoms with Crippen LogP contribution in [0.25, 0.3) is 0 Å². The van der Waals surface area contributed by atoms with E-state index in [9.17, 15) is 13.2 Å². The number of anilines is 1. The summed E-state index contributed by atoms with van der Waals surface area (Å²) in [5.74, 6) is 0.352. The third-order valence-corrected chi connectivity index (χ3v) is 6.13. The Morgan fingerprint density at radius 2 is 1.41 bits per heavy atom. The SMILES string of the molecule is CCCCOc1ccc(S(=O)(=O)Nc2ccc(OCCOc3ccccc3C(=O)O)cc2)cc1. The Kier molecular flexibility index (Phi) is 8.75. The van der Waals surface area contributed by atoms with Gasteiger partial charge >= 0.3 is 5.97 Å². The summed E-state index contributed by atoms with van der Waals surface area (Å²) in [5.41, 5.74) is 0.472. The Hall–Kier alpha value is -3.72. The van der Waals surface area contributed by atoms with Crippen molar-refractivity contribution in [3.63, 3.8) is 0 Å². The van der Waals surface area contributed by atoms with Gasteiger partial charge in [0.15, 0.2) is 0 Å². The van der Waals surface area contributed by atoms with Crippen LogP contribution in [0.4, 0.5) is 5.69 Å². The molecule has 0 unspecified atom stereocenters. The second kappa shape index (κ2) is 11.9. The van der Waals surface area contributed by atoms with E-state index in [0.29, 0.717) is 23.8 Å². The normalized spacial score (nSPS) is 11.0. The number of aromatic carboxylic acids is 1. The molecular formula is C25H27NO7S. The van der Waals surface area contributed by atoms with Crippen LogP contribution in [0.5, 0.6) is 17.2 Å². The summed E-state index contributed by atoms with van der Waals surface area (Å²) in [6.45, 7) is 3.00. The van der Waals surface area contributed by atoms with Gasteiger partial charge in [0, 0.05) is 5.69 Å². The number of carbonyl (C=O) groups is 1. The number of unbranched alkanes of at least 4 members (excludes halogenated alkanes) is 1. The smallest absolute Gasteiger partial charge is 0.339 e. The summed E-state index contributed by atoms with van der Waals surface area (Å²) in [5, 5.41) is 9.17. The van der Waals surface area contributed by atoms with Crippen molar-refractivity contribution < 1.29 is 32.5 Å². The molecule has 34 heavy (non-hydrogen) atoms. The van der Waals surface area contributed by atoms with Gasteiger partial charge in [0.05, 0.1) is 11.5 Å². The first-order valence-electron chi connectivity index (χ1n) is 10.8. The van der Waals surface area contributed by atoms with Crippen LogP contribution in [0.3, 0.4) is 0 Å². The maximum atomic E-state index is 12.6. The van der Waals surface area contributed by atoms with Gasteiger partial charge in [-0.1, -0.05) is 25.5 Å². The molecule has 0 spiro atoms. The molecular weight excluding hydrogens is 458 g/mol. The molecule has 0 heterocycles.